The molecular weight excluding hydrogens is 380 g/mol. The molecule has 0 aliphatic carbocycles. The molecule has 0 bridgehead atoms. The molecule has 6 nitrogen and oxygen atoms in total. The number of carbonyl (C=O) groups is 2. The summed E-state index contributed by atoms with van der Waals surface area (Å²) in [5, 5.41) is 2.88. The molecule has 0 fully saturated rings. The molecule has 2 aromatic carbocycles. The van der Waals surface area contributed by atoms with Gasteiger partial charge in [0.25, 0.3) is 0 Å². The highest BCUT2D eigenvalue weighted by Crippen LogP contribution is 2.17. The molecule has 0 saturated heterocycles. The lowest BCUT2D eigenvalue weighted by Crippen LogP contribution is -2.47. The minimum absolute atomic E-state index is 0.0753. The molecule has 2 aromatic rings. The molecular formula is C24H32N2O4. The average molecular weight is 413 g/mol. The van der Waals surface area contributed by atoms with Crippen LogP contribution in [0.25, 0.3) is 0 Å². The van der Waals surface area contributed by atoms with Crippen molar-refractivity contribution in [3.05, 3.63) is 60.2 Å². The van der Waals surface area contributed by atoms with E-state index in [0.717, 1.165) is 23.5 Å². The number of carbonyl (C=O) groups excluding carboxylic acids is 2. The predicted molar refractivity (Wildman–Crippen MR) is 117 cm³/mol. The number of para-hydroxylation sites is 1. The highest BCUT2D eigenvalue weighted by molar-refractivity contribution is 5.87. The normalized spacial score (nSPS) is 11.4. The van der Waals surface area contributed by atoms with E-state index >= 15 is 0 Å². The van der Waals surface area contributed by atoms with Gasteiger partial charge in [-0.05, 0) is 49.6 Å². The second-order valence-electron chi connectivity index (χ2n) is 7.11. The van der Waals surface area contributed by atoms with E-state index in [4.69, 9.17) is 9.47 Å². The molecule has 1 N–H and O–H groups in total. The molecule has 0 aliphatic heterocycles. The fourth-order valence-corrected chi connectivity index (χ4v) is 3.02. The summed E-state index contributed by atoms with van der Waals surface area (Å²) in [6.45, 7) is 5.14. The van der Waals surface area contributed by atoms with Crippen LogP contribution in [0.1, 0.15) is 38.7 Å². The van der Waals surface area contributed by atoms with Crippen molar-refractivity contribution in [2.75, 3.05) is 20.3 Å². The molecule has 0 heterocycles. The summed E-state index contributed by atoms with van der Waals surface area (Å²) >= 11 is 0. The lowest BCUT2D eigenvalue weighted by Gasteiger charge is -2.29. The second kappa shape index (κ2) is 12.5. The number of amides is 2. The third-order valence-electron chi connectivity index (χ3n) is 4.75. The van der Waals surface area contributed by atoms with Gasteiger partial charge in [0.1, 0.15) is 17.5 Å². The van der Waals surface area contributed by atoms with Crippen LogP contribution in [0.4, 0.5) is 0 Å². The maximum absolute atomic E-state index is 13.0. The van der Waals surface area contributed by atoms with Gasteiger partial charge in [-0.3, -0.25) is 9.59 Å². The lowest BCUT2D eigenvalue weighted by molar-refractivity contribution is -0.140. The highest BCUT2D eigenvalue weighted by atomic mass is 16.5. The first-order valence-corrected chi connectivity index (χ1v) is 10.4. The molecule has 0 spiro atoms. The Morgan fingerprint density at radius 1 is 1.07 bits per heavy atom. The quantitative estimate of drug-likeness (QED) is 0.539. The molecule has 0 radical (unpaired) electrons. The van der Waals surface area contributed by atoms with Crippen LogP contribution in [0, 0.1) is 0 Å². The molecule has 162 valence electrons. The van der Waals surface area contributed by atoms with E-state index in [0.29, 0.717) is 32.5 Å². The zero-order valence-corrected chi connectivity index (χ0v) is 18.1. The van der Waals surface area contributed by atoms with Crippen molar-refractivity contribution in [3.63, 3.8) is 0 Å². The zero-order valence-electron chi connectivity index (χ0n) is 18.1. The first-order chi connectivity index (χ1) is 14.5. The van der Waals surface area contributed by atoms with Gasteiger partial charge >= 0.3 is 0 Å². The Morgan fingerprint density at radius 2 is 1.80 bits per heavy atom. The van der Waals surface area contributed by atoms with E-state index in [9.17, 15) is 9.59 Å². The first-order valence-electron chi connectivity index (χ1n) is 10.4. The maximum Gasteiger partial charge on any atom is 0.242 e. The van der Waals surface area contributed by atoms with Crippen LogP contribution in [-0.4, -0.2) is 43.0 Å². The molecule has 0 aromatic heterocycles. The van der Waals surface area contributed by atoms with Crippen LogP contribution in [0.5, 0.6) is 11.5 Å². The second-order valence-corrected chi connectivity index (χ2v) is 7.11. The van der Waals surface area contributed by atoms with Gasteiger partial charge in [0, 0.05) is 19.5 Å². The van der Waals surface area contributed by atoms with Crippen molar-refractivity contribution in [3.8, 4) is 11.5 Å². The Labute approximate surface area is 179 Å². The number of hydrogen-bond donors (Lipinski definition) is 1. The van der Waals surface area contributed by atoms with E-state index in [1.54, 1.807) is 18.9 Å². The predicted octanol–water partition coefficient (Wildman–Crippen LogP) is 3.80. The average Bonchev–Trinajstić information content (AvgIpc) is 2.78. The summed E-state index contributed by atoms with van der Waals surface area (Å²) in [6, 6.07) is 16.5. The number of nitrogens with zero attached hydrogens (tertiary/aromatic N) is 1. The van der Waals surface area contributed by atoms with Crippen molar-refractivity contribution in [2.45, 2.75) is 45.7 Å². The van der Waals surface area contributed by atoms with Crippen molar-refractivity contribution in [1.29, 1.82) is 0 Å². The Morgan fingerprint density at radius 3 is 2.50 bits per heavy atom. The van der Waals surface area contributed by atoms with Crippen molar-refractivity contribution >= 4 is 11.8 Å². The van der Waals surface area contributed by atoms with E-state index in [2.05, 4.69) is 5.32 Å². The summed E-state index contributed by atoms with van der Waals surface area (Å²) in [5.74, 6) is 1.28. The Bertz CT molecular complexity index is 795. The van der Waals surface area contributed by atoms with Crippen LogP contribution >= 0.6 is 0 Å². The monoisotopic (exact) mass is 412 g/mol. The number of hydrogen-bond acceptors (Lipinski definition) is 4. The van der Waals surface area contributed by atoms with Crippen LogP contribution in [0.2, 0.25) is 0 Å². The van der Waals surface area contributed by atoms with Crippen LogP contribution in [-0.2, 0) is 16.1 Å². The van der Waals surface area contributed by atoms with Gasteiger partial charge in [-0.1, -0.05) is 37.3 Å². The molecule has 0 aliphatic rings. The number of rotatable bonds is 12. The van der Waals surface area contributed by atoms with Crippen LogP contribution in [0.3, 0.4) is 0 Å². The van der Waals surface area contributed by atoms with Crippen molar-refractivity contribution in [1.82, 2.24) is 10.2 Å². The summed E-state index contributed by atoms with van der Waals surface area (Å²) in [5.41, 5.74) is 0.915. The van der Waals surface area contributed by atoms with Gasteiger partial charge < -0.3 is 19.7 Å². The SMILES string of the molecule is CCCNC(=O)[C@H](C)N(Cc1cccc(OC)c1)C(=O)CCCOc1ccccc1. The van der Waals surface area contributed by atoms with Crippen molar-refractivity contribution < 1.29 is 19.1 Å². The van der Waals surface area contributed by atoms with Gasteiger partial charge in [0.2, 0.25) is 11.8 Å². The van der Waals surface area contributed by atoms with Gasteiger partial charge in [-0.25, -0.2) is 0 Å². The molecule has 1 atom stereocenters. The third-order valence-corrected chi connectivity index (χ3v) is 4.75. The number of benzene rings is 2. The fourth-order valence-electron chi connectivity index (χ4n) is 3.02. The van der Waals surface area contributed by atoms with Gasteiger partial charge in [-0.2, -0.15) is 0 Å². The van der Waals surface area contributed by atoms with E-state index in [1.165, 1.54) is 0 Å². The van der Waals surface area contributed by atoms with E-state index in [-0.39, 0.29) is 11.8 Å². The smallest absolute Gasteiger partial charge is 0.242 e. The fraction of sp³-hybridized carbons (Fsp3) is 0.417. The molecule has 2 amide bonds. The van der Waals surface area contributed by atoms with E-state index in [1.807, 2.05) is 61.5 Å². The van der Waals surface area contributed by atoms with Gasteiger partial charge in [0.15, 0.2) is 0 Å². The summed E-state index contributed by atoms with van der Waals surface area (Å²) in [7, 11) is 1.61. The number of ether oxygens (including phenoxy) is 2. The lowest BCUT2D eigenvalue weighted by atomic mass is 10.1. The Balaban J connectivity index is 2.01. The Hall–Kier alpha value is -3.02. The standard InChI is InChI=1S/C24H32N2O4/c1-4-15-25-24(28)19(2)26(18-20-10-8-13-22(17-20)29-3)23(27)14-9-16-30-21-11-6-5-7-12-21/h5-8,10-13,17,19H,4,9,14-16,18H2,1-3H3,(H,25,28)/t19-/m0/s1. The topological polar surface area (TPSA) is 67.9 Å². The molecule has 0 saturated carbocycles. The molecule has 6 heteroatoms. The van der Waals surface area contributed by atoms with Gasteiger partial charge in [-0.15, -0.1) is 0 Å². The summed E-state index contributed by atoms with van der Waals surface area (Å²) in [4.78, 5) is 27.1. The molecule has 2 rings (SSSR count). The maximum atomic E-state index is 13.0. The van der Waals surface area contributed by atoms with Gasteiger partial charge in [0.05, 0.1) is 13.7 Å². The first kappa shape index (κ1) is 23.3. The van der Waals surface area contributed by atoms with Crippen LogP contribution in [0.15, 0.2) is 54.6 Å². The third kappa shape index (κ3) is 7.43. The highest BCUT2D eigenvalue weighted by Gasteiger charge is 2.25. The number of methoxy groups -OCH3 is 1. The minimum atomic E-state index is -0.565. The van der Waals surface area contributed by atoms with E-state index < -0.39 is 6.04 Å². The zero-order chi connectivity index (χ0) is 21.8. The van der Waals surface area contributed by atoms with Crippen molar-refractivity contribution in [2.24, 2.45) is 0 Å². The summed E-state index contributed by atoms with van der Waals surface area (Å²) < 4.78 is 11.0. The van der Waals surface area contributed by atoms with Crippen LogP contribution < -0.4 is 14.8 Å². The largest absolute Gasteiger partial charge is 0.497 e. The molecule has 30 heavy (non-hydrogen) atoms. The minimum Gasteiger partial charge on any atom is -0.497 e. The Kier molecular flexibility index (Phi) is 9.71. The molecule has 0 unspecified atom stereocenters. The number of nitrogens with one attached hydrogen (secondary N) is 1. The summed E-state index contributed by atoms with van der Waals surface area (Å²) in [6.07, 6.45) is 1.73.